The van der Waals surface area contributed by atoms with Crippen LogP contribution in [0.2, 0.25) is 0 Å². The minimum absolute atomic E-state index is 0.0385. The fraction of sp³-hybridized carbons (Fsp3) is 0.581. The lowest BCUT2D eigenvalue weighted by molar-refractivity contribution is -0.144. The molecule has 0 aromatic heterocycles. The molecule has 0 saturated heterocycles. The van der Waals surface area contributed by atoms with E-state index in [2.05, 4.69) is 48.7 Å². The highest BCUT2D eigenvalue weighted by atomic mass is 16.5. The van der Waals surface area contributed by atoms with Gasteiger partial charge in [0.15, 0.2) is 11.6 Å². The van der Waals surface area contributed by atoms with Crippen LogP contribution in [0.3, 0.4) is 0 Å². The van der Waals surface area contributed by atoms with Gasteiger partial charge >= 0.3 is 5.97 Å². The van der Waals surface area contributed by atoms with Crippen molar-refractivity contribution in [2.75, 3.05) is 0 Å². The number of Topliss-reactive ketones (excluding diaryl/α,β-unsaturated/α-hetero) is 3. The molecule has 10 heteroatoms. The number of carbonyl (C=O) groups excluding carboxylic acids is 5. The van der Waals surface area contributed by atoms with Gasteiger partial charge in [-0.3, -0.25) is 24.0 Å². The molecule has 2 rings (SSSR count). The van der Waals surface area contributed by atoms with Gasteiger partial charge in [0.1, 0.15) is 17.9 Å². The maximum atomic E-state index is 14.0. The Hall–Kier alpha value is -4.18. The van der Waals surface area contributed by atoms with Crippen molar-refractivity contribution in [1.82, 2.24) is 10.6 Å². The van der Waals surface area contributed by atoms with Gasteiger partial charge in [-0.05, 0) is 77.0 Å². The lowest BCUT2D eigenvalue weighted by Gasteiger charge is -2.32. The lowest BCUT2D eigenvalue weighted by atomic mass is 9.90. The predicted octanol–water partition coefficient (Wildman–Crippen LogP) is 7.69. The van der Waals surface area contributed by atoms with Crippen molar-refractivity contribution in [2.24, 2.45) is 11.8 Å². The van der Waals surface area contributed by atoms with Crippen LogP contribution in [0, 0.1) is 11.8 Å². The second-order valence-electron chi connectivity index (χ2n) is 15.2. The second-order valence-corrected chi connectivity index (χ2v) is 15.2. The largest absolute Gasteiger partial charge is 0.480 e. The van der Waals surface area contributed by atoms with Crippen molar-refractivity contribution < 1.29 is 38.6 Å². The average molecular weight is 735 g/mol. The number of amides is 2. The Balaban J connectivity index is 2.28. The van der Waals surface area contributed by atoms with Gasteiger partial charge in [-0.1, -0.05) is 95.0 Å². The van der Waals surface area contributed by atoms with Crippen molar-refractivity contribution >= 4 is 35.1 Å². The highest BCUT2D eigenvalue weighted by Crippen LogP contribution is 2.24. The third kappa shape index (κ3) is 15.8. The van der Waals surface area contributed by atoms with Crippen molar-refractivity contribution in [3.8, 4) is 11.1 Å². The summed E-state index contributed by atoms with van der Waals surface area (Å²) < 4.78 is 6.12. The standard InChI is InChI=1S/C43H62N2O8/c1-9-12-14-16-35(27-37(47)34-23-21-33(22-24-34)32-19-17-30(18-20-32)15-13-10-2)41(50)45-39(29(5)53-43(6,7)8)38(48)26-31(11-3)40(49)44-36(42(51)52)25-28(4)46/h17-24,29,31,35-36,39H,9-16,25-27H2,1-8H3,(H,44,49)(H,45,50)(H,51,52)/t29-,31-,35-,36+,39+/m1/s1. The van der Waals surface area contributed by atoms with Crippen LogP contribution in [0.15, 0.2) is 48.5 Å². The van der Waals surface area contributed by atoms with Crippen LogP contribution in [0.25, 0.3) is 11.1 Å². The molecule has 10 nitrogen and oxygen atoms in total. The summed E-state index contributed by atoms with van der Waals surface area (Å²) in [5.74, 6) is -5.08. The number of hydrogen-bond acceptors (Lipinski definition) is 7. The van der Waals surface area contributed by atoms with Crippen LogP contribution in [0.1, 0.15) is 136 Å². The van der Waals surface area contributed by atoms with Gasteiger partial charge in [-0.25, -0.2) is 4.79 Å². The number of hydrogen-bond donors (Lipinski definition) is 3. The monoisotopic (exact) mass is 734 g/mol. The topological polar surface area (TPSA) is 156 Å². The molecule has 2 aromatic carbocycles. The molecule has 2 amide bonds. The molecule has 0 unspecified atom stereocenters. The minimum Gasteiger partial charge on any atom is -0.480 e. The number of ketones is 3. The number of carbonyl (C=O) groups is 6. The Morgan fingerprint density at radius 3 is 1.81 bits per heavy atom. The number of benzene rings is 2. The molecule has 0 spiro atoms. The number of carboxylic acids is 1. The summed E-state index contributed by atoms with van der Waals surface area (Å²) in [6.45, 7) is 14.3. The molecule has 0 aliphatic heterocycles. The summed E-state index contributed by atoms with van der Waals surface area (Å²) in [4.78, 5) is 77.9. The Morgan fingerprint density at radius 2 is 1.30 bits per heavy atom. The Kier molecular flexibility index (Phi) is 18.8. The normalized spacial score (nSPS) is 14.3. The third-order valence-corrected chi connectivity index (χ3v) is 9.34. The Morgan fingerprint density at radius 1 is 0.736 bits per heavy atom. The summed E-state index contributed by atoms with van der Waals surface area (Å²) in [6.07, 6.45) is 5.05. The first-order valence-corrected chi connectivity index (χ1v) is 19.3. The van der Waals surface area contributed by atoms with Crippen LogP contribution in [0.5, 0.6) is 0 Å². The molecule has 5 atom stereocenters. The lowest BCUT2D eigenvalue weighted by Crippen LogP contribution is -2.53. The van der Waals surface area contributed by atoms with Gasteiger partial charge in [-0.2, -0.15) is 0 Å². The zero-order chi connectivity index (χ0) is 39.7. The number of rotatable bonds is 24. The van der Waals surface area contributed by atoms with E-state index in [4.69, 9.17) is 4.74 Å². The SMILES string of the molecule is CCCCC[C@H](CC(=O)c1ccc(-c2ccc(CCCC)cc2)cc1)C(=O)N[C@H](C(=O)C[C@@H](CC)C(=O)N[C@@H](CC(C)=O)C(=O)O)[C@@H](C)OC(C)(C)C. The first-order chi connectivity index (χ1) is 25.0. The Labute approximate surface area is 316 Å². The second kappa shape index (κ2) is 22.1. The molecule has 0 saturated carbocycles. The number of aliphatic carboxylic acids is 1. The molecule has 292 valence electrons. The molecular formula is C43H62N2O8. The molecule has 0 heterocycles. The van der Waals surface area contributed by atoms with Crippen molar-refractivity contribution in [2.45, 2.75) is 150 Å². The average Bonchev–Trinajstić information content (AvgIpc) is 3.10. The molecule has 3 N–H and O–H groups in total. The highest BCUT2D eigenvalue weighted by molar-refractivity contribution is 6.00. The number of carboxylic acid groups (broad SMARTS) is 1. The van der Waals surface area contributed by atoms with Crippen LogP contribution < -0.4 is 10.6 Å². The fourth-order valence-electron chi connectivity index (χ4n) is 6.33. The van der Waals surface area contributed by atoms with E-state index in [0.29, 0.717) is 12.0 Å². The summed E-state index contributed by atoms with van der Waals surface area (Å²) >= 11 is 0. The fourth-order valence-corrected chi connectivity index (χ4v) is 6.33. The maximum absolute atomic E-state index is 14.0. The van der Waals surface area contributed by atoms with Crippen LogP contribution in [-0.2, 0) is 35.1 Å². The zero-order valence-corrected chi connectivity index (χ0v) is 33.1. The van der Waals surface area contributed by atoms with Gasteiger partial charge in [0.2, 0.25) is 11.8 Å². The van der Waals surface area contributed by atoms with Gasteiger partial charge < -0.3 is 20.5 Å². The van der Waals surface area contributed by atoms with E-state index in [1.807, 2.05) is 32.9 Å². The first kappa shape index (κ1) is 45.0. The van der Waals surface area contributed by atoms with E-state index < -0.39 is 65.0 Å². The molecule has 53 heavy (non-hydrogen) atoms. The van der Waals surface area contributed by atoms with Gasteiger partial charge in [0.25, 0.3) is 0 Å². The van der Waals surface area contributed by atoms with Crippen molar-refractivity contribution in [1.29, 1.82) is 0 Å². The van der Waals surface area contributed by atoms with Gasteiger partial charge in [-0.15, -0.1) is 0 Å². The smallest absolute Gasteiger partial charge is 0.326 e. The van der Waals surface area contributed by atoms with E-state index >= 15 is 0 Å². The van der Waals surface area contributed by atoms with Gasteiger partial charge in [0, 0.05) is 36.7 Å². The highest BCUT2D eigenvalue weighted by Gasteiger charge is 2.35. The number of nitrogens with one attached hydrogen (secondary N) is 2. The summed E-state index contributed by atoms with van der Waals surface area (Å²) in [6, 6.07) is 13.3. The number of ether oxygens (including phenoxy) is 1. The van der Waals surface area contributed by atoms with E-state index in [1.54, 1.807) is 26.0 Å². The molecular weight excluding hydrogens is 672 g/mol. The Bertz CT molecular complexity index is 1510. The van der Waals surface area contributed by atoms with Crippen LogP contribution in [-0.4, -0.2) is 64.0 Å². The summed E-state index contributed by atoms with van der Waals surface area (Å²) in [5.41, 5.74) is 3.18. The molecule has 0 radical (unpaired) electrons. The van der Waals surface area contributed by atoms with E-state index in [-0.39, 0.29) is 31.5 Å². The molecule has 0 aliphatic rings. The molecule has 0 aliphatic carbocycles. The molecule has 2 aromatic rings. The first-order valence-electron chi connectivity index (χ1n) is 19.3. The molecule has 0 bridgehead atoms. The minimum atomic E-state index is -1.41. The van der Waals surface area contributed by atoms with Crippen molar-refractivity contribution in [3.05, 3.63) is 59.7 Å². The van der Waals surface area contributed by atoms with Crippen molar-refractivity contribution in [3.63, 3.8) is 0 Å². The predicted molar refractivity (Wildman–Crippen MR) is 208 cm³/mol. The van der Waals surface area contributed by atoms with Crippen LogP contribution in [0.4, 0.5) is 0 Å². The quantitative estimate of drug-likeness (QED) is 0.0733. The van der Waals surface area contributed by atoms with Crippen LogP contribution >= 0.6 is 0 Å². The summed E-state index contributed by atoms with van der Waals surface area (Å²) in [5, 5.41) is 14.8. The van der Waals surface area contributed by atoms with E-state index in [9.17, 15) is 33.9 Å². The zero-order valence-electron chi connectivity index (χ0n) is 33.1. The maximum Gasteiger partial charge on any atom is 0.326 e. The third-order valence-electron chi connectivity index (χ3n) is 9.34. The van der Waals surface area contributed by atoms with E-state index in [0.717, 1.165) is 49.7 Å². The summed E-state index contributed by atoms with van der Waals surface area (Å²) in [7, 11) is 0. The number of aryl methyl sites for hydroxylation is 1. The molecule has 0 fully saturated rings. The van der Waals surface area contributed by atoms with E-state index in [1.165, 1.54) is 12.5 Å². The number of unbranched alkanes of at least 4 members (excludes halogenated alkanes) is 3. The van der Waals surface area contributed by atoms with Gasteiger partial charge in [0.05, 0.1) is 11.7 Å².